The Bertz CT molecular complexity index is 2450. The zero-order valence-electron chi connectivity index (χ0n) is 32.9. The van der Waals surface area contributed by atoms with Crippen molar-refractivity contribution in [2.24, 2.45) is 0 Å². The topological polar surface area (TPSA) is 206 Å². The summed E-state index contributed by atoms with van der Waals surface area (Å²) in [6, 6.07) is 27.1. The maximum atomic E-state index is 13.2. The van der Waals surface area contributed by atoms with Gasteiger partial charge in [0.05, 0.1) is 73.9 Å². The Morgan fingerprint density at radius 1 is 0.644 bits per heavy atom. The molecule has 14 nitrogen and oxygen atoms in total. The van der Waals surface area contributed by atoms with Gasteiger partial charge in [0.1, 0.15) is 35.0 Å². The number of carbonyl (C=O) groups is 3. The fourth-order valence-corrected chi connectivity index (χ4v) is 5.93. The molecular weight excluding hydrogens is 801 g/mol. The number of aromatic hydroxyl groups is 1. The number of fused-ring (bicyclic) bond motifs is 1. The standard InChI is InChI=1S/C28H25Cl2N3O7.C8H9NO2.C7H9N/c1-37-21-11-19(23(39-3)9-17(21)29)32-27(35)13-5-6-15-14(7-13)8-16(26(34)25(15)31)28(36)33-20-12-22(38-2)18(30)10-24(20)40-4;1-11-8-3-2-6(5-10)4-7(8)9;1-8-7-5-3-2-4-6-7/h5-12,34H,31H2,1-4H3,(H,32,35)(H,33,36);2-5H,9H2,1H3;2-6,8H,1H3. The Morgan fingerprint density at radius 2 is 1.19 bits per heavy atom. The first-order chi connectivity index (χ1) is 28.3. The Morgan fingerprint density at radius 3 is 1.66 bits per heavy atom. The van der Waals surface area contributed by atoms with Crippen LogP contribution in [0.2, 0.25) is 10.0 Å². The number of amides is 2. The van der Waals surface area contributed by atoms with Gasteiger partial charge in [-0.3, -0.25) is 14.4 Å². The average Bonchev–Trinajstić information content (AvgIpc) is 3.26. The maximum Gasteiger partial charge on any atom is 0.259 e. The van der Waals surface area contributed by atoms with Gasteiger partial charge in [0.2, 0.25) is 0 Å². The van der Waals surface area contributed by atoms with Crippen molar-refractivity contribution in [3.63, 3.8) is 0 Å². The average molecular weight is 845 g/mol. The van der Waals surface area contributed by atoms with Crippen molar-refractivity contribution in [3.05, 3.63) is 124 Å². The molecule has 0 fully saturated rings. The van der Waals surface area contributed by atoms with E-state index < -0.39 is 17.6 Å². The van der Waals surface area contributed by atoms with Crippen LogP contribution in [0.15, 0.2) is 97.1 Å². The molecule has 59 heavy (non-hydrogen) atoms. The molecule has 2 amide bonds. The molecule has 0 heterocycles. The molecule has 6 aromatic carbocycles. The highest BCUT2D eigenvalue weighted by Crippen LogP contribution is 2.39. The minimum Gasteiger partial charge on any atom is -0.505 e. The van der Waals surface area contributed by atoms with Gasteiger partial charge in [-0.2, -0.15) is 0 Å². The molecule has 0 aliphatic heterocycles. The van der Waals surface area contributed by atoms with E-state index in [1.54, 1.807) is 36.4 Å². The summed E-state index contributed by atoms with van der Waals surface area (Å²) in [5, 5.41) is 20.7. The number of nitrogens with two attached hydrogens (primary N) is 2. The highest BCUT2D eigenvalue weighted by Gasteiger charge is 2.21. The van der Waals surface area contributed by atoms with E-state index >= 15 is 0 Å². The fraction of sp³-hybridized carbons (Fsp3) is 0.140. The van der Waals surface area contributed by atoms with Gasteiger partial charge in [-0.15, -0.1) is 0 Å². The summed E-state index contributed by atoms with van der Waals surface area (Å²) >= 11 is 12.3. The highest BCUT2D eigenvalue weighted by atomic mass is 35.5. The van der Waals surface area contributed by atoms with Crippen LogP contribution in [0, 0.1) is 0 Å². The van der Waals surface area contributed by atoms with Crippen LogP contribution in [-0.4, -0.2) is 65.8 Å². The number of anilines is 5. The number of ether oxygens (including phenoxy) is 5. The summed E-state index contributed by atoms with van der Waals surface area (Å²) in [5.74, 6) is 0.302. The third-order valence-corrected chi connectivity index (χ3v) is 9.15. The van der Waals surface area contributed by atoms with Gasteiger partial charge in [-0.1, -0.05) is 47.5 Å². The van der Waals surface area contributed by atoms with Crippen molar-refractivity contribution < 1.29 is 43.2 Å². The van der Waals surface area contributed by atoms with Crippen LogP contribution < -0.4 is 51.1 Å². The lowest BCUT2D eigenvalue weighted by atomic mass is 10.0. The fourth-order valence-electron chi connectivity index (χ4n) is 5.47. The summed E-state index contributed by atoms with van der Waals surface area (Å²) in [4.78, 5) is 36.6. The zero-order valence-corrected chi connectivity index (χ0v) is 34.5. The molecule has 16 heteroatoms. The lowest BCUT2D eigenvalue weighted by Crippen LogP contribution is -2.14. The van der Waals surface area contributed by atoms with Crippen molar-refractivity contribution in [2.75, 3.05) is 70.0 Å². The first-order valence-corrected chi connectivity index (χ1v) is 18.2. The molecule has 0 bridgehead atoms. The van der Waals surface area contributed by atoms with E-state index in [2.05, 4.69) is 16.0 Å². The first-order valence-electron chi connectivity index (χ1n) is 17.4. The smallest absolute Gasteiger partial charge is 0.259 e. The normalized spacial score (nSPS) is 10.1. The molecule has 0 radical (unpaired) electrons. The number of para-hydroxylation sites is 1. The highest BCUT2D eigenvalue weighted by molar-refractivity contribution is 6.32. The molecule has 6 aromatic rings. The summed E-state index contributed by atoms with van der Waals surface area (Å²) in [6.45, 7) is 0. The van der Waals surface area contributed by atoms with Crippen LogP contribution in [0.3, 0.4) is 0 Å². The van der Waals surface area contributed by atoms with Crippen LogP contribution in [0.1, 0.15) is 31.1 Å². The predicted octanol–water partition coefficient (Wildman–Crippen LogP) is 8.79. The van der Waals surface area contributed by atoms with Crippen molar-refractivity contribution in [3.8, 4) is 34.5 Å². The third-order valence-electron chi connectivity index (χ3n) is 8.56. The van der Waals surface area contributed by atoms with Crippen LogP contribution >= 0.6 is 23.2 Å². The number of methoxy groups -OCH3 is 5. The van der Waals surface area contributed by atoms with E-state index in [1.807, 2.05) is 37.4 Å². The Balaban J connectivity index is 0.000000328. The van der Waals surface area contributed by atoms with E-state index in [0.29, 0.717) is 55.7 Å². The summed E-state index contributed by atoms with van der Waals surface area (Å²) < 4.78 is 26.0. The monoisotopic (exact) mass is 843 g/mol. The van der Waals surface area contributed by atoms with Crippen LogP contribution in [0.25, 0.3) is 10.8 Å². The van der Waals surface area contributed by atoms with Gasteiger partial charge < -0.3 is 56.2 Å². The van der Waals surface area contributed by atoms with E-state index in [4.69, 9.17) is 58.4 Å². The van der Waals surface area contributed by atoms with Gasteiger partial charge in [-0.25, -0.2) is 0 Å². The van der Waals surface area contributed by atoms with Crippen molar-refractivity contribution >= 4 is 80.5 Å². The molecule has 0 spiro atoms. The number of rotatable bonds is 11. The van der Waals surface area contributed by atoms with Crippen molar-refractivity contribution in [1.29, 1.82) is 0 Å². The summed E-state index contributed by atoms with van der Waals surface area (Å²) in [7, 11) is 9.20. The Labute approximate surface area is 350 Å². The predicted molar refractivity (Wildman–Crippen MR) is 234 cm³/mol. The number of phenolic OH excluding ortho intramolecular Hbond substituents is 1. The molecule has 0 aromatic heterocycles. The number of benzene rings is 6. The van der Waals surface area contributed by atoms with Gasteiger partial charge in [-0.05, 0) is 53.9 Å². The second-order valence-electron chi connectivity index (χ2n) is 12.1. The lowest BCUT2D eigenvalue weighted by Gasteiger charge is -2.15. The number of nitrogens with one attached hydrogen (secondary N) is 3. The van der Waals surface area contributed by atoms with Crippen LogP contribution in [0.5, 0.6) is 34.5 Å². The van der Waals surface area contributed by atoms with Crippen molar-refractivity contribution in [2.45, 2.75) is 0 Å². The number of hydrogen-bond acceptors (Lipinski definition) is 12. The minimum absolute atomic E-state index is 0.0284. The van der Waals surface area contributed by atoms with Gasteiger partial charge in [0.15, 0.2) is 5.75 Å². The molecule has 0 aliphatic rings. The van der Waals surface area contributed by atoms with Crippen LogP contribution in [-0.2, 0) is 0 Å². The summed E-state index contributed by atoms with van der Waals surface area (Å²) in [6.07, 6.45) is 0.746. The number of hydrogen-bond donors (Lipinski definition) is 6. The number of phenols is 1. The Hall–Kier alpha value is -7.03. The second-order valence-corrected chi connectivity index (χ2v) is 13.0. The minimum atomic E-state index is -0.679. The molecule has 0 aliphatic carbocycles. The lowest BCUT2D eigenvalue weighted by molar-refractivity contribution is 0.101. The van der Waals surface area contributed by atoms with Gasteiger partial charge in [0, 0.05) is 53.5 Å². The van der Waals surface area contributed by atoms with Crippen LogP contribution in [0.4, 0.5) is 28.4 Å². The molecule has 0 atom stereocenters. The largest absolute Gasteiger partial charge is 0.505 e. The number of carbonyl (C=O) groups excluding carboxylic acids is 3. The number of aldehydes is 1. The molecule has 0 unspecified atom stereocenters. The Kier molecular flexibility index (Phi) is 15.9. The molecule has 308 valence electrons. The summed E-state index contributed by atoms with van der Waals surface area (Å²) in [5.41, 5.74) is 14.6. The molecular formula is C43H43Cl2N5O9. The third kappa shape index (κ3) is 11.1. The zero-order chi connectivity index (χ0) is 43.2. The quantitative estimate of drug-likeness (QED) is 0.0411. The van der Waals surface area contributed by atoms with Crippen molar-refractivity contribution in [1.82, 2.24) is 0 Å². The molecule has 8 N–H and O–H groups in total. The second kappa shape index (κ2) is 20.9. The van der Waals surface area contributed by atoms with E-state index in [0.717, 1.165) is 12.0 Å². The molecule has 6 rings (SSSR count). The van der Waals surface area contributed by atoms with E-state index in [1.165, 1.54) is 65.9 Å². The van der Waals surface area contributed by atoms with Gasteiger partial charge >= 0.3 is 0 Å². The molecule has 0 saturated carbocycles. The van der Waals surface area contributed by atoms with E-state index in [-0.39, 0.29) is 33.3 Å². The van der Waals surface area contributed by atoms with Gasteiger partial charge in [0.25, 0.3) is 11.8 Å². The molecule has 0 saturated heterocycles. The first kappa shape index (κ1) is 44.7. The van der Waals surface area contributed by atoms with E-state index in [9.17, 15) is 19.5 Å². The number of nitrogen functional groups attached to an aromatic ring is 2. The number of halogens is 2. The SMILES string of the molecule is CNc1ccccc1.COc1cc(NC(=O)c2ccc3c(N)c(O)c(C(=O)Nc4cc(OC)c(Cl)cc4OC)cc3c2)c(OC)cc1Cl.COc1ccc(C=O)cc1N. The maximum absolute atomic E-state index is 13.2.